The molecular formula is C13H20N2OS2. The van der Waals surface area contributed by atoms with E-state index in [1.807, 2.05) is 16.7 Å². The number of aryl methyl sites for hydroxylation is 1. The monoisotopic (exact) mass is 284 g/mol. The Balaban J connectivity index is 2.12. The van der Waals surface area contributed by atoms with Gasteiger partial charge in [-0.25, -0.2) is 0 Å². The molecule has 2 heterocycles. The molecule has 1 aliphatic rings. The van der Waals surface area contributed by atoms with E-state index < -0.39 is 0 Å². The van der Waals surface area contributed by atoms with E-state index in [4.69, 9.17) is 0 Å². The van der Waals surface area contributed by atoms with Gasteiger partial charge < -0.3 is 4.90 Å². The van der Waals surface area contributed by atoms with Crippen LogP contribution in [-0.2, 0) is 4.79 Å². The van der Waals surface area contributed by atoms with Crippen molar-refractivity contribution in [2.75, 3.05) is 18.1 Å². The van der Waals surface area contributed by atoms with Crippen LogP contribution in [0.3, 0.4) is 0 Å². The molecule has 1 aliphatic heterocycles. The number of nitrogens with one attached hydrogen (secondary N) is 1. The molecule has 1 fully saturated rings. The Bertz CT molecular complexity index is 419. The maximum atomic E-state index is 12.0. The van der Waals surface area contributed by atoms with Gasteiger partial charge in [0.1, 0.15) is 6.17 Å². The molecule has 2 unspecified atom stereocenters. The summed E-state index contributed by atoms with van der Waals surface area (Å²) in [6, 6.07) is 4.53. The van der Waals surface area contributed by atoms with E-state index in [1.165, 1.54) is 9.75 Å². The Kier molecular flexibility index (Phi) is 4.70. The molecule has 1 N–H and O–H groups in total. The number of carbonyl (C=O) groups excluding carboxylic acids is 1. The summed E-state index contributed by atoms with van der Waals surface area (Å²) in [5.41, 5.74) is 0. The molecule has 0 aliphatic carbocycles. The second-order valence-electron chi connectivity index (χ2n) is 4.54. The van der Waals surface area contributed by atoms with Crippen LogP contribution in [0.2, 0.25) is 0 Å². The van der Waals surface area contributed by atoms with Crippen molar-refractivity contribution in [2.24, 2.45) is 0 Å². The Morgan fingerprint density at radius 2 is 2.39 bits per heavy atom. The van der Waals surface area contributed by atoms with Gasteiger partial charge in [0.25, 0.3) is 0 Å². The number of thioether (sulfide) groups is 1. The van der Waals surface area contributed by atoms with Crippen molar-refractivity contribution in [3.63, 3.8) is 0 Å². The smallest absolute Gasteiger partial charge is 0.238 e. The van der Waals surface area contributed by atoms with Gasteiger partial charge in [0.2, 0.25) is 5.91 Å². The predicted octanol–water partition coefficient (Wildman–Crippen LogP) is 2.63. The molecule has 0 saturated carbocycles. The molecule has 18 heavy (non-hydrogen) atoms. The van der Waals surface area contributed by atoms with Crippen molar-refractivity contribution in [3.8, 4) is 0 Å². The summed E-state index contributed by atoms with van der Waals surface area (Å²) < 4.78 is 0. The zero-order valence-corrected chi connectivity index (χ0v) is 12.7. The highest BCUT2D eigenvalue weighted by Crippen LogP contribution is 2.30. The SMILES string of the molecule is CCSCC(C)N1C(=O)CNC1c1ccc(C)s1. The van der Waals surface area contributed by atoms with Crippen LogP contribution in [0.15, 0.2) is 12.1 Å². The molecule has 1 amide bonds. The van der Waals surface area contributed by atoms with Crippen molar-refractivity contribution in [1.82, 2.24) is 10.2 Å². The summed E-state index contributed by atoms with van der Waals surface area (Å²) in [7, 11) is 0. The summed E-state index contributed by atoms with van der Waals surface area (Å²) in [5.74, 6) is 2.32. The Labute approximate surface area is 117 Å². The first-order valence-electron chi connectivity index (χ1n) is 6.32. The molecule has 100 valence electrons. The maximum absolute atomic E-state index is 12.0. The minimum Gasteiger partial charge on any atom is -0.317 e. The number of rotatable bonds is 5. The number of carbonyl (C=O) groups is 1. The van der Waals surface area contributed by atoms with Crippen molar-refractivity contribution in [3.05, 3.63) is 21.9 Å². The van der Waals surface area contributed by atoms with E-state index in [2.05, 4.69) is 38.2 Å². The summed E-state index contributed by atoms with van der Waals surface area (Å²) in [6.45, 7) is 6.86. The molecule has 1 aromatic rings. The van der Waals surface area contributed by atoms with Gasteiger partial charge in [-0.2, -0.15) is 11.8 Å². The number of nitrogens with zero attached hydrogens (tertiary/aromatic N) is 1. The lowest BCUT2D eigenvalue weighted by Gasteiger charge is -2.29. The fourth-order valence-corrected chi connectivity index (χ4v) is 3.91. The van der Waals surface area contributed by atoms with E-state index in [0.717, 1.165) is 11.5 Å². The van der Waals surface area contributed by atoms with Crippen molar-refractivity contribution in [1.29, 1.82) is 0 Å². The van der Waals surface area contributed by atoms with E-state index in [-0.39, 0.29) is 18.1 Å². The molecule has 0 spiro atoms. The molecule has 1 aromatic heterocycles. The summed E-state index contributed by atoms with van der Waals surface area (Å²) in [6.07, 6.45) is 0.0728. The minimum atomic E-state index is 0.0728. The lowest BCUT2D eigenvalue weighted by molar-refractivity contribution is -0.129. The van der Waals surface area contributed by atoms with Gasteiger partial charge in [-0.05, 0) is 31.7 Å². The highest BCUT2D eigenvalue weighted by Gasteiger charge is 2.35. The molecule has 1 saturated heterocycles. The van der Waals surface area contributed by atoms with Crippen LogP contribution in [0.1, 0.15) is 29.8 Å². The first-order chi connectivity index (χ1) is 8.63. The third-order valence-electron chi connectivity index (χ3n) is 3.08. The number of thiophene rings is 1. The normalized spacial score (nSPS) is 21.6. The van der Waals surface area contributed by atoms with Crippen molar-refractivity contribution < 1.29 is 4.79 Å². The summed E-state index contributed by atoms with van der Waals surface area (Å²) in [4.78, 5) is 16.6. The van der Waals surface area contributed by atoms with Gasteiger partial charge >= 0.3 is 0 Å². The van der Waals surface area contributed by atoms with E-state index >= 15 is 0 Å². The Hall–Kier alpha value is -0.520. The van der Waals surface area contributed by atoms with Gasteiger partial charge in [-0.3, -0.25) is 10.1 Å². The second kappa shape index (κ2) is 6.08. The van der Waals surface area contributed by atoms with Crippen LogP contribution in [0.5, 0.6) is 0 Å². The van der Waals surface area contributed by atoms with Gasteiger partial charge in [-0.1, -0.05) is 6.92 Å². The van der Waals surface area contributed by atoms with Gasteiger partial charge in [0.05, 0.1) is 6.54 Å². The average molecular weight is 284 g/mol. The standard InChI is InChI=1S/C13H20N2OS2/c1-4-17-8-9(2)15-12(16)7-14-13(15)11-6-5-10(3)18-11/h5-6,9,13-14H,4,7-8H2,1-3H3. The predicted molar refractivity (Wildman–Crippen MR) is 79.1 cm³/mol. The molecular weight excluding hydrogens is 264 g/mol. The number of hydrogen-bond acceptors (Lipinski definition) is 4. The van der Waals surface area contributed by atoms with Crippen molar-refractivity contribution >= 4 is 29.0 Å². The van der Waals surface area contributed by atoms with Crippen LogP contribution < -0.4 is 5.32 Å². The topological polar surface area (TPSA) is 32.3 Å². The maximum Gasteiger partial charge on any atom is 0.238 e. The van der Waals surface area contributed by atoms with E-state index in [9.17, 15) is 4.79 Å². The lowest BCUT2D eigenvalue weighted by Crippen LogP contribution is -2.39. The lowest BCUT2D eigenvalue weighted by atomic mass is 10.2. The van der Waals surface area contributed by atoms with Gasteiger partial charge in [0.15, 0.2) is 0 Å². The molecule has 3 nitrogen and oxygen atoms in total. The van der Waals surface area contributed by atoms with Gasteiger partial charge in [-0.15, -0.1) is 11.3 Å². The molecule has 0 radical (unpaired) electrons. The van der Waals surface area contributed by atoms with Crippen LogP contribution in [0.4, 0.5) is 0 Å². The fourth-order valence-electron chi connectivity index (χ4n) is 2.22. The second-order valence-corrected chi connectivity index (χ2v) is 7.18. The molecule has 2 rings (SSSR count). The fraction of sp³-hybridized carbons (Fsp3) is 0.615. The Morgan fingerprint density at radius 3 is 3.00 bits per heavy atom. The highest BCUT2D eigenvalue weighted by molar-refractivity contribution is 7.99. The van der Waals surface area contributed by atoms with Crippen LogP contribution in [0, 0.1) is 6.92 Å². The quantitative estimate of drug-likeness (QED) is 0.902. The number of hydrogen-bond donors (Lipinski definition) is 1. The summed E-state index contributed by atoms with van der Waals surface area (Å²) in [5, 5.41) is 3.32. The number of amides is 1. The zero-order chi connectivity index (χ0) is 13.1. The highest BCUT2D eigenvalue weighted by atomic mass is 32.2. The van der Waals surface area contributed by atoms with E-state index in [0.29, 0.717) is 6.54 Å². The zero-order valence-electron chi connectivity index (χ0n) is 11.1. The summed E-state index contributed by atoms with van der Waals surface area (Å²) >= 11 is 3.66. The third kappa shape index (κ3) is 2.90. The van der Waals surface area contributed by atoms with E-state index in [1.54, 1.807) is 11.3 Å². The average Bonchev–Trinajstić information content (AvgIpc) is 2.92. The third-order valence-corrected chi connectivity index (χ3v) is 5.26. The van der Waals surface area contributed by atoms with Crippen LogP contribution in [0.25, 0.3) is 0 Å². The first kappa shape index (κ1) is 13.9. The molecule has 0 aromatic carbocycles. The van der Waals surface area contributed by atoms with Crippen molar-refractivity contribution in [2.45, 2.75) is 33.0 Å². The molecule has 2 atom stereocenters. The minimum absolute atomic E-state index is 0.0728. The van der Waals surface area contributed by atoms with Crippen LogP contribution in [-0.4, -0.2) is 34.9 Å². The van der Waals surface area contributed by atoms with Crippen LogP contribution >= 0.6 is 23.1 Å². The Morgan fingerprint density at radius 1 is 1.61 bits per heavy atom. The largest absolute Gasteiger partial charge is 0.317 e. The van der Waals surface area contributed by atoms with Gasteiger partial charge in [0, 0.05) is 21.5 Å². The molecule has 0 bridgehead atoms. The molecule has 5 heteroatoms. The first-order valence-corrected chi connectivity index (χ1v) is 8.29.